The first kappa shape index (κ1) is 9.02. The highest BCUT2D eigenvalue weighted by molar-refractivity contribution is 6.00. The lowest BCUT2D eigenvalue weighted by Crippen LogP contribution is -2.03. The van der Waals surface area contributed by atoms with Crippen molar-refractivity contribution in [3.63, 3.8) is 0 Å². The van der Waals surface area contributed by atoms with Gasteiger partial charge >= 0.3 is 5.97 Å². The number of aromatic nitrogens is 3. The smallest absolute Gasteiger partial charge is 0.356 e. The van der Waals surface area contributed by atoms with Crippen LogP contribution in [0.15, 0.2) is 12.3 Å². The molecule has 2 aromatic heterocycles. The van der Waals surface area contributed by atoms with Crippen LogP contribution in [-0.4, -0.2) is 31.5 Å². The molecule has 0 saturated carbocycles. The first-order valence-electron chi connectivity index (χ1n) is 4.81. The van der Waals surface area contributed by atoms with Gasteiger partial charge in [0.15, 0.2) is 17.1 Å². The van der Waals surface area contributed by atoms with Gasteiger partial charge in [0, 0.05) is 18.7 Å². The number of aromatic carboxylic acids is 1. The van der Waals surface area contributed by atoms with Gasteiger partial charge in [-0.2, -0.15) is 5.10 Å². The van der Waals surface area contributed by atoms with Crippen molar-refractivity contribution >= 4 is 17.4 Å². The summed E-state index contributed by atoms with van der Waals surface area (Å²) in [6.07, 6.45) is 2.53. The van der Waals surface area contributed by atoms with Crippen molar-refractivity contribution in [1.82, 2.24) is 14.6 Å². The lowest BCUT2D eigenvalue weighted by atomic mass is 10.2. The number of carbonyl (C=O) groups is 2. The van der Waals surface area contributed by atoms with Gasteiger partial charge in [-0.15, -0.1) is 0 Å². The number of aryl methyl sites for hydroxylation is 1. The summed E-state index contributed by atoms with van der Waals surface area (Å²) < 4.78 is 1.45. The number of rotatable bonds is 1. The molecule has 0 aromatic carbocycles. The van der Waals surface area contributed by atoms with Crippen LogP contribution in [0.1, 0.15) is 33.0 Å². The zero-order valence-corrected chi connectivity index (χ0v) is 8.17. The largest absolute Gasteiger partial charge is 0.476 e. The van der Waals surface area contributed by atoms with E-state index >= 15 is 0 Å². The lowest BCUT2D eigenvalue weighted by molar-refractivity contribution is 0.0690. The van der Waals surface area contributed by atoms with Crippen molar-refractivity contribution in [2.45, 2.75) is 12.8 Å². The quantitative estimate of drug-likeness (QED) is 0.754. The molecule has 0 saturated heterocycles. The third-order valence-electron chi connectivity index (χ3n) is 2.69. The number of carboxylic acid groups (broad SMARTS) is 1. The summed E-state index contributed by atoms with van der Waals surface area (Å²) >= 11 is 0. The van der Waals surface area contributed by atoms with Crippen LogP contribution in [0.25, 0.3) is 5.65 Å². The van der Waals surface area contributed by atoms with E-state index in [9.17, 15) is 9.59 Å². The summed E-state index contributed by atoms with van der Waals surface area (Å²) in [6, 6.07) is 1.39. The molecule has 6 nitrogen and oxygen atoms in total. The van der Waals surface area contributed by atoms with E-state index in [-0.39, 0.29) is 11.5 Å². The lowest BCUT2D eigenvalue weighted by Gasteiger charge is -1.99. The van der Waals surface area contributed by atoms with Crippen LogP contribution in [0.5, 0.6) is 0 Å². The highest BCUT2D eigenvalue weighted by atomic mass is 16.4. The van der Waals surface area contributed by atoms with E-state index < -0.39 is 5.97 Å². The topological polar surface area (TPSA) is 84.6 Å². The Balaban J connectivity index is 2.33. The van der Waals surface area contributed by atoms with Gasteiger partial charge in [-0.1, -0.05) is 0 Å². The summed E-state index contributed by atoms with van der Waals surface area (Å²) in [7, 11) is 0. The Hall–Kier alpha value is -2.24. The van der Waals surface area contributed by atoms with Crippen LogP contribution in [0.2, 0.25) is 0 Å². The number of fused-ring (bicyclic) bond motifs is 3. The molecule has 0 fully saturated rings. The van der Waals surface area contributed by atoms with Gasteiger partial charge in [0.1, 0.15) is 0 Å². The average molecular weight is 217 g/mol. The highest BCUT2D eigenvalue weighted by Crippen LogP contribution is 2.21. The summed E-state index contributed by atoms with van der Waals surface area (Å²) in [5, 5.41) is 12.7. The third kappa shape index (κ3) is 1.06. The molecular formula is C10H7N3O3. The Morgan fingerprint density at radius 2 is 2.25 bits per heavy atom. The molecule has 0 bridgehead atoms. The molecule has 16 heavy (non-hydrogen) atoms. The van der Waals surface area contributed by atoms with Crippen molar-refractivity contribution in [3.8, 4) is 0 Å². The molecule has 1 N–H and O–H groups in total. The van der Waals surface area contributed by atoms with Crippen LogP contribution < -0.4 is 0 Å². The van der Waals surface area contributed by atoms with E-state index in [0.29, 0.717) is 24.1 Å². The van der Waals surface area contributed by atoms with Gasteiger partial charge < -0.3 is 5.11 Å². The predicted octanol–water partition coefficient (Wildman–Crippen LogP) is 0.556. The van der Waals surface area contributed by atoms with Crippen molar-refractivity contribution in [1.29, 1.82) is 0 Å². The second kappa shape index (κ2) is 2.88. The Morgan fingerprint density at radius 1 is 1.44 bits per heavy atom. The fraction of sp³-hybridized carbons (Fsp3) is 0.200. The SMILES string of the molecule is O=C(O)c1cc2ncc3c(n2n1)CCC3=O. The number of ketones is 1. The van der Waals surface area contributed by atoms with Crippen molar-refractivity contribution < 1.29 is 14.7 Å². The highest BCUT2D eigenvalue weighted by Gasteiger charge is 2.24. The fourth-order valence-corrected chi connectivity index (χ4v) is 1.93. The van der Waals surface area contributed by atoms with Crippen LogP contribution in [-0.2, 0) is 6.42 Å². The Labute approximate surface area is 89.5 Å². The van der Waals surface area contributed by atoms with Gasteiger partial charge in [0.25, 0.3) is 0 Å². The average Bonchev–Trinajstić information content (AvgIpc) is 2.81. The summed E-state index contributed by atoms with van der Waals surface area (Å²) in [4.78, 5) is 26.2. The number of nitrogens with zero attached hydrogens (tertiary/aromatic N) is 3. The van der Waals surface area contributed by atoms with Gasteiger partial charge in [-0.05, 0) is 6.42 Å². The number of hydrogen-bond acceptors (Lipinski definition) is 4. The van der Waals surface area contributed by atoms with Crippen molar-refractivity contribution in [3.05, 3.63) is 29.2 Å². The molecule has 80 valence electrons. The monoisotopic (exact) mass is 217 g/mol. The van der Waals surface area contributed by atoms with Crippen LogP contribution in [0, 0.1) is 0 Å². The maximum atomic E-state index is 11.5. The Kier molecular flexibility index (Phi) is 1.62. The summed E-state index contributed by atoms with van der Waals surface area (Å²) in [6.45, 7) is 0. The predicted molar refractivity (Wildman–Crippen MR) is 52.6 cm³/mol. The van der Waals surface area contributed by atoms with Gasteiger partial charge in [0.05, 0.1) is 11.3 Å². The van der Waals surface area contributed by atoms with E-state index in [1.165, 1.54) is 16.8 Å². The van der Waals surface area contributed by atoms with Gasteiger partial charge in [0.2, 0.25) is 0 Å². The van der Waals surface area contributed by atoms with Gasteiger partial charge in [-0.3, -0.25) is 4.79 Å². The molecule has 1 aliphatic carbocycles. The molecule has 0 atom stereocenters. The minimum atomic E-state index is -1.09. The normalized spacial score (nSPS) is 14.4. The van der Waals surface area contributed by atoms with E-state index in [1.54, 1.807) is 0 Å². The fourth-order valence-electron chi connectivity index (χ4n) is 1.93. The second-order valence-corrected chi connectivity index (χ2v) is 3.65. The molecule has 0 spiro atoms. The number of Topliss-reactive ketones (excluding diaryl/α,β-unsaturated/α-hetero) is 1. The van der Waals surface area contributed by atoms with Crippen LogP contribution in [0.3, 0.4) is 0 Å². The number of hydrogen-bond donors (Lipinski definition) is 1. The maximum Gasteiger partial charge on any atom is 0.356 e. The van der Waals surface area contributed by atoms with Crippen LogP contribution in [0.4, 0.5) is 0 Å². The minimum Gasteiger partial charge on any atom is -0.476 e. The minimum absolute atomic E-state index is 0.0387. The van der Waals surface area contributed by atoms with Crippen molar-refractivity contribution in [2.75, 3.05) is 0 Å². The van der Waals surface area contributed by atoms with E-state index in [0.717, 1.165) is 5.69 Å². The summed E-state index contributed by atoms with van der Waals surface area (Å²) in [5.74, 6) is -1.06. The Bertz CT molecular complexity index is 630. The molecule has 0 aliphatic heterocycles. The molecular weight excluding hydrogens is 210 g/mol. The van der Waals surface area contributed by atoms with E-state index in [1.807, 2.05) is 0 Å². The zero-order chi connectivity index (χ0) is 11.3. The molecule has 0 unspecified atom stereocenters. The molecule has 3 rings (SSSR count). The Morgan fingerprint density at radius 3 is 3.00 bits per heavy atom. The maximum absolute atomic E-state index is 11.5. The molecule has 0 radical (unpaired) electrons. The standard InChI is InChI=1S/C10H7N3O3/c14-8-2-1-7-5(8)4-11-9-3-6(10(15)16)12-13(7)9/h3-4H,1-2H2,(H,15,16). The molecule has 6 heteroatoms. The van der Waals surface area contributed by atoms with E-state index in [2.05, 4.69) is 10.1 Å². The zero-order valence-electron chi connectivity index (χ0n) is 8.17. The third-order valence-corrected chi connectivity index (χ3v) is 2.69. The first-order valence-corrected chi connectivity index (χ1v) is 4.81. The summed E-state index contributed by atoms with van der Waals surface area (Å²) in [5.41, 5.74) is 1.71. The number of carbonyl (C=O) groups excluding carboxylic acids is 1. The molecule has 2 aromatic rings. The van der Waals surface area contributed by atoms with E-state index in [4.69, 9.17) is 5.11 Å². The van der Waals surface area contributed by atoms with Crippen LogP contribution >= 0.6 is 0 Å². The number of carboxylic acids is 1. The second-order valence-electron chi connectivity index (χ2n) is 3.65. The molecule has 0 amide bonds. The molecule has 2 heterocycles. The first-order chi connectivity index (χ1) is 7.66. The van der Waals surface area contributed by atoms with Crippen molar-refractivity contribution in [2.24, 2.45) is 0 Å². The van der Waals surface area contributed by atoms with Gasteiger partial charge in [-0.25, -0.2) is 14.3 Å². The molecule has 1 aliphatic rings.